The van der Waals surface area contributed by atoms with Gasteiger partial charge in [0.25, 0.3) is 0 Å². The topological polar surface area (TPSA) is 49.7 Å². The van der Waals surface area contributed by atoms with Gasteiger partial charge < -0.3 is 5.11 Å². The molecule has 0 bridgehead atoms. The largest absolute Gasteiger partial charge is 0.480 e. The van der Waals surface area contributed by atoms with E-state index in [0.717, 1.165) is 11.5 Å². The highest BCUT2D eigenvalue weighted by atomic mass is 32.2. The van der Waals surface area contributed by atoms with Gasteiger partial charge in [0.05, 0.1) is 5.04 Å². The van der Waals surface area contributed by atoms with Gasteiger partial charge in [-0.15, -0.1) is 11.8 Å². The van der Waals surface area contributed by atoms with Crippen molar-refractivity contribution in [1.29, 1.82) is 0 Å². The van der Waals surface area contributed by atoms with Crippen LogP contribution < -0.4 is 0 Å². The number of benzene rings is 1. The fourth-order valence-electron chi connectivity index (χ4n) is 1.53. The van der Waals surface area contributed by atoms with Crippen molar-refractivity contribution >= 4 is 22.8 Å². The SMILES string of the molecule is Cc1ccc(CC2=N[C@H](C(=O)O)CS2)cc1. The van der Waals surface area contributed by atoms with Crippen molar-refractivity contribution in [2.75, 3.05) is 5.75 Å². The lowest BCUT2D eigenvalue weighted by Crippen LogP contribution is -2.17. The fraction of sp³-hybridized carbons (Fsp3) is 0.333. The molecular weight excluding hydrogens is 222 g/mol. The number of hydrogen-bond acceptors (Lipinski definition) is 3. The van der Waals surface area contributed by atoms with Crippen LogP contribution in [0, 0.1) is 6.92 Å². The Labute approximate surface area is 98.6 Å². The van der Waals surface area contributed by atoms with E-state index in [1.807, 2.05) is 6.92 Å². The number of carboxylic acids is 1. The lowest BCUT2D eigenvalue weighted by atomic mass is 10.1. The van der Waals surface area contributed by atoms with Crippen LogP contribution in [-0.2, 0) is 11.2 Å². The molecule has 1 aliphatic heterocycles. The van der Waals surface area contributed by atoms with Gasteiger partial charge in [-0.1, -0.05) is 29.8 Å². The predicted octanol–water partition coefficient (Wildman–Crippen LogP) is 2.14. The van der Waals surface area contributed by atoms with Crippen molar-refractivity contribution in [3.8, 4) is 0 Å². The summed E-state index contributed by atoms with van der Waals surface area (Å²) < 4.78 is 0. The first-order chi connectivity index (χ1) is 7.65. The third kappa shape index (κ3) is 2.64. The van der Waals surface area contributed by atoms with Crippen LogP contribution in [0.1, 0.15) is 11.1 Å². The predicted molar refractivity (Wildman–Crippen MR) is 66.2 cm³/mol. The highest BCUT2D eigenvalue weighted by Gasteiger charge is 2.24. The summed E-state index contributed by atoms with van der Waals surface area (Å²) in [5.74, 6) is -0.261. The molecule has 3 nitrogen and oxygen atoms in total. The quantitative estimate of drug-likeness (QED) is 0.873. The van der Waals surface area contributed by atoms with Gasteiger partial charge in [-0.3, -0.25) is 4.99 Å². The van der Waals surface area contributed by atoms with E-state index in [4.69, 9.17) is 5.11 Å². The molecule has 1 heterocycles. The summed E-state index contributed by atoms with van der Waals surface area (Å²) in [6.07, 6.45) is 0.745. The average Bonchev–Trinajstić information content (AvgIpc) is 2.70. The van der Waals surface area contributed by atoms with E-state index >= 15 is 0 Å². The lowest BCUT2D eigenvalue weighted by Gasteiger charge is -2.00. The van der Waals surface area contributed by atoms with E-state index in [-0.39, 0.29) is 0 Å². The summed E-state index contributed by atoms with van der Waals surface area (Å²) in [5.41, 5.74) is 2.41. The maximum Gasteiger partial charge on any atom is 0.329 e. The zero-order valence-electron chi connectivity index (χ0n) is 9.01. The number of aliphatic imine (C=N–C) groups is 1. The maximum absolute atomic E-state index is 10.7. The van der Waals surface area contributed by atoms with Gasteiger partial charge in [0.15, 0.2) is 6.04 Å². The van der Waals surface area contributed by atoms with Crippen LogP contribution >= 0.6 is 11.8 Å². The van der Waals surface area contributed by atoms with Crippen LogP contribution in [0.5, 0.6) is 0 Å². The molecule has 2 rings (SSSR count). The minimum Gasteiger partial charge on any atom is -0.480 e. The third-order valence-corrected chi connectivity index (χ3v) is 3.53. The minimum absolute atomic E-state index is 0.551. The lowest BCUT2D eigenvalue weighted by molar-refractivity contribution is -0.137. The van der Waals surface area contributed by atoms with Gasteiger partial charge in [-0.05, 0) is 12.5 Å². The zero-order valence-corrected chi connectivity index (χ0v) is 9.83. The Morgan fingerprint density at radius 3 is 2.75 bits per heavy atom. The molecule has 0 radical (unpaired) electrons. The number of carbonyl (C=O) groups is 1. The van der Waals surface area contributed by atoms with Gasteiger partial charge in [0.2, 0.25) is 0 Å². The van der Waals surface area contributed by atoms with Crippen LogP contribution in [-0.4, -0.2) is 27.9 Å². The molecule has 84 valence electrons. The second-order valence-electron chi connectivity index (χ2n) is 3.85. The molecule has 1 aromatic rings. The zero-order chi connectivity index (χ0) is 11.5. The highest BCUT2D eigenvalue weighted by molar-refractivity contribution is 8.14. The molecule has 0 amide bonds. The molecule has 0 aliphatic carbocycles. The first-order valence-electron chi connectivity index (χ1n) is 5.13. The molecule has 0 unspecified atom stereocenters. The first-order valence-corrected chi connectivity index (χ1v) is 6.11. The summed E-state index contributed by atoms with van der Waals surface area (Å²) in [5, 5.41) is 9.74. The smallest absolute Gasteiger partial charge is 0.329 e. The summed E-state index contributed by atoms with van der Waals surface area (Å²) in [6, 6.07) is 7.69. The standard InChI is InChI=1S/C12H13NO2S/c1-8-2-4-9(5-3-8)6-11-13-10(7-16-11)12(14)15/h2-5,10H,6-7H2,1H3,(H,14,15)/t10-/m0/s1. The maximum atomic E-state index is 10.7. The Bertz CT molecular complexity index is 425. The molecule has 4 heteroatoms. The van der Waals surface area contributed by atoms with E-state index in [1.54, 1.807) is 11.8 Å². The van der Waals surface area contributed by atoms with Crippen LogP contribution in [0.3, 0.4) is 0 Å². The number of aryl methyl sites for hydroxylation is 1. The number of thioether (sulfide) groups is 1. The van der Waals surface area contributed by atoms with Gasteiger partial charge >= 0.3 is 5.97 Å². The monoisotopic (exact) mass is 235 g/mol. The van der Waals surface area contributed by atoms with Crippen molar-refractivity contribution in [2.45, 2.75) is 19.4 Å². The Hall–Kier alpha value is -1.29. The molecule has 0 saturated carbocycles. The molecule has 1 N–H and O–H groups in total. The third-order valence-electron chi connectivity index (χ3n) is 2.47. The molecule has 0 fully saturated rings. The number of rotatable bonds is 3. The van der Waals surface area contributed by atoms with Crippen molar-refractivity contribution in [2.24, 2.45) is 4.99 Å². The molecule has 0 aromatic heterocycles. The van der Waals surface area contributed by atoms with Crippen LogP contribution in [0.15, 0.2) is 29.3 Å². The van der Waals surface area contributed by atoms with Crippen LogP contribution in [0.2, 0.25) is 0 Å². The van der Waals surface area contributed by atoms with Gasteiger partial charge in [-0.25, -0.2) is 4.79 Å². The molecule has 16 heavy (non-hydrogen) atoms. The van der Waals surface area contributed by atoms with Gasteiger partial charge in [0, 0.05) is 12.2 Å². The molecule has 1 aromatic carbocycles. The van der Waals surface area contributed by atoms with Crippen molar-refractivity contribution in [3.63, 3.8) is 0 Å². The van der Waals surface area contributed by atoms with Crippen molar-refractivity contribution in [1.82, 2.24) is 0 Å². The fourth-order valence-corrected chi connectivity index (χ4v) is 2.57. The summed E-state index contributed by atoms with van der Waals surface area (Å²) in [6.45, 7) is 2.05. The Morgan fingerprint density at radius 1 is 1.50 bits per heavy atom. The van der Waals surface area contributed by atoms with Crippen LogP contribution in [0.4, 0.5) is 0 Å². The Kier molecular flexibility index (Phi) is 3.29. The summed E-state index contributed by atoms with van der Waals surface area (Å²) in [7, 11) is 0. The molecule has 0 spiro atoms. The van der Waals surface area contributed by atoms with E-state index in [2.05, 4.69) is 29.3 Å². The van der Waals surface area contributed by atoms with E-state index in [1.165, 1.54) is 11.1 Å². The van der Waals surface area contributed by atoms with Gasteiger partial charge in [0.1, 0.15) is 0 Å². The van der Waals surface area contributed by atoms with Crippen LogP contribution in [0.25, 0.3) is 0 Å². The second-order valence-corrected chi connectivity index (χ2v) is 4.94. The number of carboxylic acid groups (broad SMARTS) is 1. The summed E-state index contributed by atoms with van der Waals surface area (Å²) in [4.78, 5) is 14.9. The molecule has 1 aliphatic rings. The molecular formula is C12H13NO2S. The highest BCUT2D eigenvalue weighted by Crippen LogP contribution is 2.21. The molecule has 1 atom stereocenters. The Balaban J connectivity index is 2.03. The normalized spacial score (nSPS) is 19.6. The first kappa shape index (κ1) is 11.2. The van der Waals surface area contributed by atoms with E-state index in [0.29, 0.717) is 5.75 Å². The number of nitrogens with zero attached hydrogens (tertiary/aromatic N) is 1. The van der Waals surface area contributed by atoms with E-state index < -0.39 is 12.0 Å². The van der Waals surface area contributed by atoms with Crippen molar-refractivity contribution < 1.29 is 9.90 Å². The minimum atomic E-state index is -0.827. The second kappa shape index (κ2) is 4.70. The summed E-state index contributed by atoms with van der Waals surface area (Å²) >= 11 is 1.55. The Morgan fingerprint density at radius 2 is 2.19 bits per heavy atom. The molecule has 0 saturated heterocycles. The number of aliphatic carboxylic acids is 1. The average molecular weight is 235 g/mol. The number of hydrogen-bond donors (Lipinski definition) is 1. The van der Waals surface area contributed by atoms with Gasteiger partial charge in [-0.2, -0.15) is 0 Å². The van der Waals surface area contributed by atoms with Crippen molar-refractivity contribution in [3.05, 3.63) is 35.4 Å². The van der Waals surface area contributed by atoms with E-state index in [9.17, 15) is 4.79 Å².